The standard InChI is InChI=1S/2C9H6INO4S/c2*10-6-4-7(16(13,14)15)5-2-1-3-11-8(5)9(6)12/h2*1-4,12H,(H,13,14,15). The van der Waals surface area contributed by atoms with Crippen molar-refractivity contribution in [1.82, 2.24) is 9.97 Å². The van der Waals surface area contributed by atoms with Crippen molar-refractivity contribution in [3.63, 3.8) is 0 Å². The van der Waals surface area contributed by atoms with E-state index in [9.17, 15) is 27.0 Å². The molecule has 4 rings (SSSR count). The van der Waals surface area contributed by atoms with E-state index in [-0.39, 0.29) is 43.1 Å². The smallest absolute Gasteiger partial charge is 0.295 e. The Hall–Kier alpha value is -1.86. The van der Waals surface area contributed by atoms with E-state index < -0.39 is 20.2 Å². The molecule has 0 radical (unpaired) electrons. The third-order valence-corrected chi connectivity index (χ3v) is 7.55. The zero-order chi connectivity index (χ0) is 23.8. The highest BCUT2D eigenvalue weighted by molar-refractivity contribution is 14.1. The fourth-order valence-electron chi connectivity index (χ4n) is 2.76. The van der Waals surface area contributed by atoms with Gasteiger partial charge in [-0.25, -0.2) is 0 Å². The molecular weight excluding hydrogens is 690 g/mol. The van der Waals surface area contributed by atoms with Crippen molar-refractivity contribution in [1.29, 1.82) is 0 Å². The van der Waals surface area contributed by atoms with Crippen LogP contribution in [0.1, 0.15) is 0 Å². The summed E-state index contributed by atoms with van der Waals surface area (Å²) in [7, 11) is -8.65. The summed E-state index contributed by atoms with van der Waals surface area (Å²) in [6.07, 6.45) is 2.87. The van der Waals surface area contributed by atoms with Crippen LogP contribution in [0.25, 0.3) is 21.8 Å². The van der Waals surface area contributed by atoms with Gasteiger partial charge in [0.25, 0.3) is 20.2 Å². The van der Waals surface area contributed by atoms with Crippen LogP contribution in [0.15, 0.2) is 58.6 Å². The largest absolute Gasteiger partial charge is 0.505 e. The van der Waals surface area contributed by atoms with Gasteiger partial charge in [-0.05, 0) is 81.6 Å². The van der Waals surface area contributed by atoms with E-state index in [0.717, 1.165) is 0 Å². The number of phenolic OH excluding ortho intramolecular Hbond substituents is 2. The van der Waals surface area contributed by atoms with Gasteiger partial charge in [-0.1, -0.05) is 0 Å². The number of hydrogen-bond donors (Lipinski definition) is 4. The maximum Gasteiger partial charge on any atom is 0.295 e. The van der Waals surface area contributed by atoms with Crippen LogP contribution in [0, 0.1) is 7.14 Å². The minimum absolute atomic E-state index is 0.0939. The number of aromatic nitrogens is 2. The van der Waals surface area contributed by atoms with Crippen LogP contribution in [-0.4, -0.2) is 46.1 Å². The first-order valence-electron chi connectivity index (χ1n) is 8.29. The summed E-state index contributed by atoms with van der Waals surface area (Å²) < 4.78 is 63.4. The van der Waals surface area contributed by atoms with Crippen molar-refractivity contribution < 1.29 is 36.2 Å². The van der Waals surface area contributed by atoms with Crippen molar-refractivity contribution in [2.75, 3.05) is 0 Å². The van der Waals surface area contributed by atoms with Gasteiger partial charge in [0.2, 0.25) is 0 Å². The molecule has 4 N–H and O–H groups in total. The summed E-state index contributed by atoms with van der Waals surface area (Å²) in [5.41, 5.74) is 0.309. The van der Waals surface area contributed by atoms with E-state index >= 15 is 0 Å². The fraction of sp³-hybridized carbons (Fsp3) is 0. The SMILES string of the molecule is O=S(=O)(O)c1cc(I)c(O)c2ncccc12.O=S(=O)(O)c1cc(I)c(O)c2ncccc12. The molecule has 32 heavy (non-hydrogen) atoms. The molecule has 0 saturated carbocycles. The van der Waals surface area contributed by atoms with E-state index in [1.165, 1.54) is 48.8 Å². The van der Waals surface area contributed by atoms with Gasteiger partial charge in [-0.3, -0.25) is 19.1 Å². The lowest BCUT2D eigenvalue weighted by atomic mass is 10.2. The van der Waals surface area contributed by atoms with Crippen molar-refractivity contribution >= 4 is 87.2 Å². The molecule has 0 aliphatic heterocycles. The average molecular weight is 702 g/mol. The second-order valence-electron chi connectivity index (χ2n) is 6.16. The van der Waals surface area contributed by atoms with Crippen molar-refractivity contribution in [2.24, 2.45) is 0 Å². The molecule has 14 heteroatoms. The van der Waals surface area contributed by atoms with Gasteiger partial charge in [-0.2, -0.15) is 16.8 Å². The summed E-state index contributed by atoms with van der Waals surface area (Å²) >= 11 is 3.54. The zero-order valence-corrected chi connectivity index (χ0v) is 21.5. The number of nitrogens with zero attached hydrogens (tertiary/aromatic N) is 2. The predicted molar refractivity (Wildman–Crippen MR) is 132 cm³/mol. The van der Waals surface area contributed by atoms with Crippen molar-refractivity contribution in [2.45, 2.75) is 9.79 Å². The summed E-state index contributed by atoms with van der Waals surface area (Å²) in [4.78, 5) is 7.27. The van der Waals surface area contributed by atoms with Crippen LogP contribution < -0.4 is 0 Å². The molecule has 2 aromatic heterocycles. The molecule has 0 spiro atoms. The minimum atomic E-state index is -4.32. The Bertz CT molecular complexity index is 1460. The van der Waals surface area contributed by atoms with Gasteiger partial charge in [0.15, 0.2) is 11.5 Å². The highest BCUT2D eigenvalue weighted by Gasteiger charge is 2.19. The second kappa shape index (κ2) is 9.18. The van der Waals surface area contributed by atoms with Gasteiger partial charge >= 0.3 is 0 Å². The van der Waals surface area contributed by atoms with Crippen LogP contribution in [0.4, 0.5) is 0 Å². The lowest BCUT2D eigenvalue weighted by Gasteiger charge is -2.06. The van der Waals surface area contributed by atoms with Crippen molar-refractivity contribution in [3.05, 3.63) is 55.9 Å². The molecule has 168 valence electrons. The number of benzene rings is 2. The first-order chi connectivity index (χ1) is 14.8. The van der Waals surface area contributed by atoms with Crippen LogP contribution in [0.3, 0.4) is 0 Å². The van der Waals surface area contributed by atoms with E-state index in [0.29, 0.717) is 7.14 Å². The van der Waals surface area contributed by atoms with Crippen LogP contribution in [0.2, 0.25) is 0 Å². The lowest BCUT2D eigenvalue weighted by molar-refractivity contribution is 0.473. The molecule has 0 aliphatic rings. The van der Waals surface area contributed by atoms with Crippen LogP contribution in [0.5, 0.6) is 11.5 Å². The monoisotopic (exact) mass is 702 g/mol. The number of pyridine rings is 2. The van der Waals surface area contributed by atoms with E-state index in [1.54, 1.807) is 45.2 Å². The number of hydrogen-bond acceptors (Lipinski definition) is 8. The second-order valence-corrected chi connectivity index (χ2v) is 11.3. The fourth-order valence-corrected chi connectivity index (χ4v) is 5.74. The lowest BCUT2D eigenvalue weighted by Crippen LogP contribution is -2.00. The average Bonchev–Trinajstić information content (AvgIpc) is 2.72. The first-order valence-corrected chi connectivity index (χ1v) is 13.3. The molecule has 0 aliphatic carbocycles. The molecule has 0 saturated heterocycles. The molecule has 4 aromatic rings. The van der Waals surface area contributed by atoms with Gasteiger partial charge in [0.05, 0.1) is 7.14 Å². The Labute approximate surface area is 209 Å². The Morgan fingerprint density at radius 3 is 1.34 bits per heavy atom. The van der Waals surface area contributed by atoms with Crippen LogP contribution >= 0.6 is 45.2 Å². The molecule has 0 bridgehead atoms. The summed E-state index contributed by atoms with van der Waals surface area (Å²) in [5, 5.41) is 19.8. The quantitative estimate of drug-likeness (QED) is 0.179. The molecule has 0 amide bonds. The normalized spacial score (nSPS) is 11.9. The maximum absolute atomic E-state index is 11.2. The Morgan fingerprint density at radius 2 is 1.03 bits per heavy atom. The van der Waals surface area contributed by atoms with Crippen molar-refractivity contribution in [3.8, 4) is 11.5 Å². The maximum atomic E-state index is 11.2. The van der Waals surface area contributed by atoms with E-state index in [1.807, 2.05) is 0 Å². The molecular formula is C18H12I2N2O8S2. The summed E-state index contributed by atoms with van der Waals surface area (Å²) in [6, 6.07) is 8.42. The number of halogens is 2. The molecule has 0 unspecified atom stereocenters. The van der Waals surface area contributed by atoms with Gasteiger partial charge in [-0.15, -0.1) is 0 Å². The number of fused-ring (bicyclic) bond motifs is 2. The summed E-state index contributed by atoms with van der Waals surface area (Å²) in [5.74, 6) is -0.188. The number of aromatic hydroxyl groups is 2. The first kappa shape index (κ1) is 24.8. The molecule has 2 aromatic carbocycles. The summed E-state index contributed by atoms with van der Waals surface area (Å²) in [6.45, 7) is 0. The highest BCUT2D eigenvalue weighted by Crippen LogP contribution is 2.34. The van der Waals surface area contributed by atoms with Crippen LogP contribution in [-0.2, 0) is 20.2 Å². The number of phenols is 2. The van der Waals surface area contributed by atoms with Gasteiger partial charge in [0.1, 0.15) is 20.8 Å². The third kappa shape index (κ3) is 5.04. The number of rotatable bonds is 2. The highest BCUT2D eigenvalue weighted by atomic mass is 127. The molecule has 0 fully saturated rings. The minimum Gasteiger partial charge on any atom is -0.505 e. The molecule has 2 heterocycles. The zero-order valence-electron chi connectivity index (χ0n) is 15.5. The molecule has 10 nitrogen and oxygen atoms in total. The van der Waals surface area contributed by atoms with E-state index in [4.69, 9.17) is 9.11 Å². The Morgan fingerprint density at radius 1 is 0.688 bits per heavy atom. The van der Waals surface area contributed by atoms with E-state index in [2.05, 4.69) is 9.97 Å². The Balaban J connectivity index is 0.000000181. The predicted octanol–water partition coefficient (Wildman–Crippen LogP) is 3.58. The Kier molecular flexibility index (Phi) is 7.11. The van der Waals surface area contributed by atoms with Gasteiger partial charge < -0.3 is 10.2 Å². The molecule has 0 atom stereocenters. The van der Waals surface area contributed by atoms with Gasteiger partial charge in [0, 0.05) is 23.2 Å². The third-order valence-electron chi connectivity index (χ3n) is 4.12. The topological polar surface area (TPSA) is 175 Å².